The molecule has 0 saturated carbocycles. The smallest absolute Gasteiger partial charge is 0.328 e. The zero-order valence-electron chi connectivity index (χ0n) is 7.46. The summed E-state index contributed by atoms with van der Waals surface area (Å²) in [6, 6.07) is 1.73. The lowest BCUT2D eigenvalue weighted by Gasteiger charge is -2.02. The molecule has 5 heteroatoms. The lowest BCUT2D eigenvalue weighted by molar-refractivity contribution is 0.241. The summed E-state index contributed by atoms with van der Waals surface area (Å²) in [5.41, 5.74) is 3.29. The SMILES string of the molecule is Cc1ccsc1CCNC(=O)NN. The van der Waals surface area contributed by atoms with Crippen molar-refractivity contribution >= 4 is 17.4 Å². The number of hydrogen-bond acceptors (Lipinski definition) is 3. The van der Waals surface area contributed by atoms with Crippen molar-refractivity contribution in [2.24, 2.45) is 5.84 Å². The Labute approximate surface area is 81.1 Å². The Morgan fingerprint density at radius 3 is 3.00 bits per heavy atom. The van der Waals surface area contributed by atoms with Gasteiger partial charge in [0.05, 0.1) is 0 Å². The van der Waals surface area contributed by atoms with Crippen LogP contribution in [0.25, 0.3) is 0 Å². The van der Waals surface area contributed by atoms with Gasteiger partial charge in [-0.15, -0.1) is 11.3 Å². The molecule has 0 aliphatic carbocycles. The second-order valence-electron chi connectivity index (χ2n) is 2.68. The topological polar surface area (TPSA) is 67.2 Å². The molecule has 0 atom stereocenters. The number of hydrazine groups is 1. The average molecular weight is 199 g/mol. The number of carbonyl (C=O) groups is 1. The normalized spacial score (nSPS) is 9.69. The summed E-state index contributed by atoms with van der Waals surface area (Å²) in [7, 11) is 0. The van der Waals surface area contributed by atoms with Crippen LogP contribution in [0.2, 0.25) is 0 Å². The molecule has 1 heterocycles. The van der Waals surface area contributed by atoms with Gasteiger partial charge in [-0.25, -0.2) is 10.6 Å². The lowest BCUT2D eigenvalue weighted by atomic mass is 10.2. The van der Waals surface area contributed by atoms with Gasteiger partial charge in [0.2, 0.25) is 0 Å². The minimum Gasteiger partial charge on any atom is -0.337 e. The van der Waals surface area contributed by atoms with E-state index in [1.165, 1.54) is 10.4 Å². The van der Waals surface area contributed by atoms with Gasteiger partial charge in [-0.1, -0.05) is 0 Å². The monoisotopic (exact) mass is 199 g/mol. The Bertz CT molecular complexity index is 285. The van der Waals surface area contributed by atoms with E-state index in [-0.39, 0.29) is 6.03 Å². The van der Waals surface area contributed by atoms with Crippen molar-refractivity contribution in [1.29, 1.82) is 0 Å². The standard InChI is InChI=1S/C8H13N3OS/c1-6-3-5-13-7(6)2-4-10-8(12)11-9/h3,5H,2,4,9H2,1H3,(H2,10,11,12). The number of aryl methyl sites for hydroxylation is 1. The van der Waals surface area contributed by atoms with E-state index < -0.39 is 0 Å². The maximum Gasteiger partial charge on any atom is 0.328 e. The van der Waals surface area contributed by atoms with Crippen LogP contribution in [-0.4, -0.2) is 12.6 Å². The highest BCUT2D eigenvalue weighted by atomic mass is 32.1. The van der Waals surface area contributed by atoms with E-state index in [0.29, 0.717) is 6.54 Å². The minimum absolute atomic E-state index is 0.339. The van der Waals surface area contributed by atoms with Crippen molar-refractivity contribution in [3.63, 3.8) is 0 Å². The zero-order valence-corrected chi connectivity index (χ0v) is 8.28. The molecule has 0 aliphatic heterocycles. The van der Waals surface area contributed by atoms with Gasteiger partial charge in [-0.3, -0.25) is 5.43 Å². The molecule has 13 heavy (non-hydrogen) atoms. The van der Waals surface area contributed by atoms with Crippen molar-refractivity contribution in [3.05, 3.63) is 21.9 Å². The maximum absolute atomic E-state index is 10.7. The number of nitrogens with two attached hydrogens (primary N) is 1. The number of amides is 2. The molecule has 0 unspecified atom stereocenters. The van der Waals surface area contributed by atoms with Crippen molar-refractivity contribution in [3.8, 4) is 0 Å². The van der Waals surface area contributed by atoms with E-state index in [0.717, 1.165) is 6.42 Å². The Balaban J connectivity index is 2.28. The Morgan fingerprint density at radius 1 is 1.69 bits per heavy atom. The largest absolute Gasteiger partial charge is 0.337 e. The number of thiophene rings is 1. The number of hydrogen-bond donors (Lipinski definition) is 3. The second kappa shape index (κ2) is 4.84. The third-order valence-corrected chi connectivity index (χ3v) is 2.82. The van der Waals surface area contributed by atoms with E-state index in [1.807, 2.05) is 10.8 Å². The van der Waals surface area contributed by atoms with Gasteiger partial charge in [0, 0.05) is 11.4 Å². The van der Waals surface area contributed by atoms with Crippen LogP contribution in [0.1, 0.15) is 10.4 Å². The Kier molecular flexibility index (Phi) is 3.72. The zero-order chi connectivity index (χ0) is 9.68. The summed E-state index contributed by atoms with van der Waals surface area (Å²) in [5.74, 6) is 4.90. The van der Waals surface area contributed by atoms with Crippen LogP contribution < -0.4 is 16.6 Å². The summed E-state index contributed by atoms with van der Waals surface area (Å²) < 4.78 is 0. The predicted molar refractivity (Wildman–Crippen MR) is 53.5 cm³/mol. The fourth-order valence-corrected chi connectivity index (χ4v) is 1.91. The van der Waals surface area contributed by atoms with Crippen molar-refractivity contribution in [2.75, 3.05) is 6.54 Å². The summed E-state index contributed by atoms with van der Waals surface area (Å²) >= 11 is 1.71. The molecule has 1 rings (SSSR count). The first-order chi connectivity index (χ1) is 6.24. The second-order valence-corrected chi connectivity index (χ2v) is 3.68. The Hall–Kier alpha value is -1.07. The van der Waals surface area contributed by atoms with Crippen LogP contribution in [-0.2, 0) is 6.42 Å². The van der Waals surface area contributed by atoms with E-state index in [2.05, 4.69) is 18.3 Å². The molecule has 4 nitrogen and oxygen atoms in total. The molecule has 0 radical (unpaired) electrons. The highest BCUT2D eigenvalue weighted by Gasteiger charge is 2.00. The molecular weight excluding hydrogens is 186 g/mol. The summed E-state index contributed by atoms with van der Waals surface area (Å²) in [4.78, 5) is 12.0. The molecular formula is C8H13N3OS. The van der Waals surface area contributed by atoms with E-state index in [1.54, 1.807) is 11.3 Å². The van der Waals surface area contributed by atoms with Crippen LogP contribution in [0, 0.1) is 6.92 Å². The first-order valence-electron chi connectivity index (χ1n) is 4.01. The first kappa shape index (κ1) is 10.0. The Morgan fingerprint density at radius 2 is 2.46 bits per heavy atom. The minimum atomic E-state index is -0.339. The van der Waals surface area contributed by atoms with Gasteiger partial charge in [0.25, 0.3) is 0 Å². The quantitative estimate of drug-likeness (QED) is 0.382. The van der Waals surface area contributed by atoms with Crippen molar-refractivity contribution < 1.29 is 4.79 Å². The van der Waals surface area contributed by atoms with Crippen LogP contribution in [0.3, 0.4) is 0 Å². The molecule has 1 aromatic rings. The predicted octanol–water partition coefficient (Wildman–Crippen LogP) is 0.772. The van der Waals surface area contributed by atoms with Gasteiger partial charge in [-0.2, -0.15) is 0 Å². The molecule has 1 aromatic heterocycles. The molecule has 0 fully saturated rings. The number of rotatable bonds is 3. The fraction of sp³-hybridized carbons (Fsp3) is 0.375. The molecule has 0 saturated heterocycles. The van der Waals surface area contributed by atoms with Gasteiger partial charge in [-0.05, 0) is 30.4 Å². The van der Waals surface area contributed by atoms with Crippen molar-refractivity contribution in [2.45, 2.75) is 13.3 Å². The number of carbonyl (C=O) groups excluding carboxylic acids is 1. The molecule has 2 amide bonds. The van der Waals surface area contributed by atoms with E-state index in [9.17, 15) is 4.79 Å². The number of urea groups is 1. The van der Waals surface area contributed by atoms with Crippen LogP contribution in [0.5, 0.6) is 0 Å². The fourth-order valence-electron chi connectivity index (χ4n) is 1.00. The lowest BCUT2D eigenvalue weighted by Crippen LogP contribution is -2.40. The third kappa shape index (κ3) is 3.04. The number of nitrogens with one attached hydrogen (secondary N) is 2. The molecule has 0 aromatic carbocycles. The highest BCUT2D eigenvalue weighted by molar-refractivity contribution is 7.10. The molecule has 72 valence electrons. The van der Waals surface area contributed by atoms with Crippen LogP contribution in [0.4, 0.5) is 4.79 Å². The van der Waals surface area contributed by atoms with Crippen LogP contribution >= 0.6 is 11.3 Å². The molecule has 0 spiro atoms. The van der Waals surface area contributed by atoms with Gasteiger partial charge in [0.15, 0.2) is 0 Å². The van der Waals surface area contributed by atoms with E-state index in [4.69, 9.17) is 5.84 Å². The van der Waals surface area contributed by atoms with Crippen molar-refractivity contribution in [1.82, 2.24) is 10.7 Å². The molecule has 0 aliphatic rings. The molecule has 0 bridgehead atoms. The average Bonchev–Trinajstić information content (AvgIpc) is 2.52. The van der Waals surface area contributed by atoms with Gasteiger partial charge >= 0.3 is 6.03 Å². The third-order valence-electron chi connectivity index (χ3n) is 1.74. The van der Waals surface area contributed by atoms with Gasteiger partial charge < -0.3 is 5.32 Å². The summed E-state index contributed by atoms with van der Waals surface area (Å²) in [6.45, 7) is 2.68. The highest BCUT2D eigenvalue weighted by Crippen LogP contribution is 2.15. The summed E-state index contributed by atoms with van der Waals surface area (Å²) in [5, 5.41) is 4.68. The maximum atomic E-state index is 10.7. The van der Waals surface area contributed by atoms with Gasteiger partial charge in [0.1, 0.15) is 0 Å². The molecule has 4 N–H and O–H groups in total. The first-order valence-corrected chi connectivity index (χ1v) is 4.89. The van der Waals surface area contributed by atoms with Crippen LogP contribution in [0.15, 0.2) is 11.4 Å². The summed E-state index contributed by atoms with van der Waals surface area (Å²) in [6.07, 6.45) is 0.858. The van der Waals surface area contributed by atoms with E-state index >= 15 is 0 Å².